The summed E-state index contributed by atoms with van der Waals surface area (Å²) in [6, 6.07) is 7.17. The molecule has 66 valence electrons. The van der Waals surface area contributed by atoms with Crippen molar-refractivity contribution in [3.63, 3.8) is 0 Å². The van der Waals surface area contributed by atoms with Crippen LogP contribution in [0.2, 0.25) is 0 Å². The highest BCUT2D eigenvalue weighted by Gasteiger charge is 2.01. The van der Waals surface area contributed by atoms with E-state index < -0.39 is 0 Å². The number of hydrogen-bond donors (Lipinski definition) is 1. The van der Waals surface area contributed by atoms with Crippen molar-refractivity contribution in [2.45, 2.75) is 13.5 Å². The van der Waals surface area contributed by atoms with E-state index in [-0.39, 0.29) is 0 Å². The van der Waals surface area contributed by atoms with Gasteiger partial charge in [0.15, 0.2) is 0 Å². The first kappa shape index (κ1) is 9.00. The third kappa shape index (κ3) is 1.95. The van der Waals surface area contributed by atoms with Gasteiger partial charge < -0.3 is 5.73 Å². The average molecular weight is 168 g/mol. The number of hydrogen-bond acceptors (Lipinski definition) is 2. The molecule has 12 heavy (non-hydrogen) atoms. The van der Waals surface area contributed by atoms with E-state index in [9.17, 15) is 4.48 Å². The summed E-state index contributed by atoms with van der Waals surface area (Å²) in [5.74, 6) is 0. The van der Waals surface area contributed by atoms with Gasteiger partial charge in [0.05, 0.1) is 5.69 Å². The minimum atomic E-state index is 0.355. The Balaban J connectivity index is 2.86. The van der Waals surface area contributed by atoms with Crippen molar-refractivity contribution in [1.82, 2.24) is 0 Å². The predicted octanol–water partition coefficient (Wildman–Crippen LogP) is 1.86. The molecule has 1 aromatic rings. The summed E-state index contributed by atoms with van der Waals surface area (Å²) in [6.45, 7) is 2.56. The normalized spacial score (nSPS) is 9.92. The van der Waals surface area contributed by atoms with Crippen LogP contribution in [0.1, 0.15) is 12.5 Å². The lowest BCUT2D eigenvalue weighted by atomic mass is 10.2. The second kappa shape index (κ2) is 4.07. The van der Waals surface area contributed by atoms with Crippen molar-refractivity contribution in [2.75, 3.05) is 11.7 Å². The molecule has 2 nitrogen and oxygen atoms in total. The lowest BCUT2D eigenvalue weighted by molar-refractivity contribution is 0.444. The van der Waals surface area contributed by atoms with Crippen LogP contribution in [0.25, 0.3) is 0 Å². The molecule has 0 spiro atoms. The largest absolute Gasteiger partial charge is 0.326 e. The van der Waals surface area contributed by atoms with Crippen molar-refractivity contribution in [3.05, 3.63) is 29.8 Å². The lowest BCUT2D eigenvalue weighted by Gasteiger charge is -2.11. The molecule has 0 unspecified atom stereocenters. The maximum Gasteiger partial charge on any atom is 0.0690 e. The Morgan fingerprint density at radius 2 is 2.25 bits per heavy atom. The third-order valence-electron chi connectivity index (χ3n) is 1.70. The molecule has 0 amide bonds. The van der Waals surface area contributed by atoms with Crippen LogP contribution in [0.5, 0.6) is 0 Å². The van der Waals surface area contributed by atoms with Gasteiger partial charge in [-0.25, -0.2) is 5.12 Å². The van der Waals surface area contributed by atoms with Gasteiger partial charge in [-0.05, 0) is 24.6 Å². The van der Waals surface area contributed by atoms with E-state index in [1.807, 2.05) is 6.07 Å². The van der Waals surface area contributed by atoms with Crippen LogP contribution in [0.3, 0.4) is 0 Å². The van der Waals surface area contributed by atoms with Gasteiger partial charge in [0, 0.05) is 13.1 Å². The molecule has 0 aliphatic heterocycles. The van der Waals surface area contributed by atoms with Crippen LogP contribution in [-0.2, 0) is 6.54 Å². The molecule has 0 saturated carbocycles. The molecule has 0 aliphatic carbocycles. The molecule has 0 atom stereocenters. The van der Waals surface area contributed by atoms with Gasteiger partial charge in [-0.2, -0.15) is 0 Å². The zero-order valence-corrected chi connectivity index (χ0v) is 7.13. The average Bonchev–Trinajstić information content (AvgIpc) is 2.17. The summed E-state index contributed by atoms with van der Waals surface area (Å²) in [5, 5.41) is 0.694. The van der Waals surface area contributed by atoms with E-state index in [0.29, 0.717) is 23.9 Å². The highest BCUT2D eigenvalue weighted by Crippen LogP contribution is 2.15. The van der Waals surface area contributed by atoms with Gasteiger partial charge in [-0.3, -0.25) is 0 Å². The van der Waals surface area contributed by atoms with Crippen LogP contribution in [0.4, 0.5) is 10.2 Å². The Hall–Kier alpha value is -1.09. The maximum atomic E-state index is 13.0. The number of halogens is 1. The Morgan fingerprint density at radius 3 is 2.83 bits per heavy atom. The fraction of sp³-hybridized carbons (Fsp3) is 0.333. The molecule has 0 radical (unpaired) electrons. The zero-order chi connectivity index (χ0) is 8.97. The third-order valence-corrected chi connectivity index (χ3v) is 1.70. The van der Waals surface area contributed by atoms with E-state index in [1.54, 1.807) is 25.1 Å². The summed E-state index contributed by atoms with van der Waals surface area (Å²) in [7, 11) is 0. The van der Waals surface area contributed by atoms with Crippen molar-refractivity contribution < 1.29 is 4.48 Å². The smallest absolute Gasteiger partial charge is 0.0690 e. The number of nitrogens with zero attached hydrogens (tertiary/aromatic N) is 1. The first-order valence-electron chi connectivity index (χ1n) is 4.00. The number of nitrogens with two attached hydrogens (primary N) is 1. The molecule has 0 saturated heterocycles. The standard InChI is InChI=1S/C9H13FN2/c1-2-12(10)9-5-3-4-8(6-9)7-11/h3-6H,2,7,11H2,1H3. The van der Waals surface area contributed by atoms with E-state index in [1.165, 1.54) is 0 Å². The quantitative estimate of drug-likeness (QED) is 0.698. The number of benzene rings is 1. The summed E-state index contributed by atoms with van der Waals surface area (Å²) >= 11 is 0. The number of rotatable bonds is 3. The van der Waals surface area contributed by atoms with Crippen LogP contribution in [0, 0.1) is 0 Å². The van der Waals surface area contributed by atoms with Gasteiger partial charge in [0.2, 0.25) is 0 Å². The second-order valence-electron chi connectivity index (χ2n) is 2.55. The van der Waals surface area contributed by atoms with Crippen molar-refractivity contribution in [3.8, 4) is 0 Å². The molecule has 2 N–H and O–H groups in total. The topological polar surface area (TPSA) is 29.3 Å². The Labute approximate surface area is 71.7 Å². The van der Waals surface area contributed by atoms with Crippen LogP contribution in [0.15, 0.2) is 24.3 Å². The lowest BCUT2D eigenvalue weighted by Crippen LogP contribution is -2.10. The first-order chi connectivity index (χ1) is 5.77. The zero-order valence-electron chi connectivity index (χ0n) is 7.13. The molecule has 0 aliphatic rings. The van der Waals surface area contributed by atoms with E-state index in [4.69, 9.17) is 5.73 Å². The molecule has 1 aromatic carbocycles. The summed E-state index contributed by atoms with van der Waals surface area (Å²) in [5.41, 5.74) is 6.94. The van der Waals surface area contributed by atoms with Crippen molar-refractivity contribution in [1.29, 1.82) is 0 Å². The van der Waals surface area contributed by atoms with Gasteiger partial charge >= 0.3 is 0 Å². The monoisotopic (exact) mass is 168 g/mol. The molecule has 0 bridgehead atoms. The van der Waals surface area contributed by atoms with Crippen molar-refractivity contribution >= 4 is 5.69 Å². The SMILES string of the molecule is CCN(F)c1cccc(CN)c1. The fourth-order valence-electron chi connectivity index (χ4n) is 1.02. The van der Waals surface area contributed by atoms with E-state index in [0.717, 1.165) is 5.56 Å². The van der Waals surface area contributed by atoms with Crippen LogP contribution < -0.4 is 10.9 Å². The van der Waals surface area contributed by atoms with Crippen LogP contribution >= 0.6 is 0 Å². The van der Waals surface area contributed by atoms with Gasteiger partial charge in [-0.1, -0.05) is 16.6 Å². The fourth-order valence-corrected chi connectivity index (χ4v) is 1.02. The summed E-state index contributed by atoms with van der Waals surface area (Å²) in [4.78, 5) is 0. The predicted molar refractivity (Wildman–Crippen MR) is 48.5 cm³/mol. The highest BCUT2D eigenvalue weighted by molar-refractivity contribution is 5.45. The molecule has 0 heterocycles. The maximum absolute atomic E-state index is 13.0. The molecule has 0 fully saturated rings. The second-order valence-corrected chi connectivity index (χ2v) is 2.55. The summed E-state index contributed by atoms with van der Waals surface area (Å²) in [6.07, 6.45) is 0. The minimum absolute atomic E-state index is 0.355. The van der Waals surface area contributed by atoms with Crippen molar-refractivity contribution in [2.24, 2.45) is 5.73 Å². The Kier molecular flexibility index (Phi) is 3.05. The number of anilines is 1. The summed E-state index contributed by atoms with van der Waals surface area (Å²) < 4.78 is 13.0. The molecular weight excluding hydrogens is 155 g/mol. The highest BCUT2D eigenvalue weighted by atomic mass is 19.2. The van der Waals surface area contributed by atoms with E-state index in [2.05, 4.69) is 0 Å². The van der Waals surface area contributed by atoms with Crippen LogP contribution in [-0.4, -0.2) is 6.54 Å². The molecule has 1 rings (SSSR count). The van der Waals surface area contributed by atoms with Gasteiger partial charge in [0.25, 0.3) is 0 Å². The molecule has 3 heteroatoms. The van der Waals surface area contributed by atoms with Gasteiger partial charge in [0.1, 0.15) is 0 Å². The van der Waals surface area contributed by atoms with Gasteiger partial charge in [-0.15, -0.1) is 0 Å². The van der Waals surface area contributed by atoms with E-state index >= 15 is 0 Å². The Bertz CT molecular complexity index is 250. The first-order valence-corrected chi connectivity index (χ1v) is 4.00. The molecule has 0 aromatic heterocycles. The minimum Gasteiger partial charge on any atom is -0.326 e. The Morgan fingerprint density at radius 1 is 1.50 bits per heavy atom. The molecular formula is C9H13FN2.